The standard InChI is InChI=1S/C89H174O17P2/c1-8-10-11-12-13-14-15-16-17-18-19-20-24-27-30-36-41-49-56-63-70-86(91)99-76-84(105-88(93)72-65-58-51-42-37-31-28-25-22-21-23-26-29-35-40-48-55-62-69-82(7)9-2)78-103-107(95,96)101-74-83(90)75-102-108(97,98)104-79-85(77-100-87(92)71-64-57-50-45-44-47-54-61-68-81(5)6)106-89(94)73-66-59-52-43-38-33-32-34-39-46-53-60-67-80(3)4/h80-85,90H,8-79H2,1-7H3,(H,95,96)(H,97,98)/t82?,83-,84-,85-/m1/s1. The number of hydrogen-bond donors (Lipinski definition) is 3. The Morgan fingerprint density at radius 1 is 0.269 bits per heavy atom. The predicted octanol–water partition coefficient (Wildman–Crippen LogP) is 27.3. The van der Waals surface area contributed by atoms with Crippen molar-refractivity contribution >= 4 is 39.5 Å². The maximum absolute atomic E-state index is 13.2. The molecule has 0 heterocycles. The lowest BCUT2D eigenvalue weighted by Crippen LogP contribution is -2.30. The molecular formula is C89H174O17P2. The Bertz CT molecular complexity index is 2080. The molecule has 0 aromatic rings. The van der Waals surface area contributed by atoms with Gasteiger partial charge in [0.05, 0.1) is 26.4 Å². The SMILES string of the molecule is CCCCCCCCCCCCCCCCCCCCCCC(=O)OC[C@H](COP(=O)(O)OC[C@@H](O)COP(=O)(O)OC[C@@H](COC(=O)CCCCCCCCCCC(C)C)OC(=O)CCCCCCCCCCCCCCC(C)C)OC(=O)CCCCCCCCCCCCCCCCCCCCC(C)CC. The first-order valence-corrected chi connectivity index (χ1v) is 48.9. The highest BCUT2D eigenvalue weighted by Crippen LogP contribution is 2.45. The first-order valence-electron chi connectivity index (χ1n) is 45.9. The molecule has 0 spiro atoms. The first kappa shape index (κ1) is 106. The number of aliphatic hydroxyl groups is 1. The fourth-order valence-corrected chi connectivity index (χ4v) is 15.4. The highest BCUT2D eigenvalue weighted by molar-refractivity contribution is 7.47. The fourth-order valence-electron chi connectivity index (χ4n) is 13.9. The molecule has 0 fully saturated rings. The van der Waals surface area contributed by atoms with E-state index in [1.165, 1.54) is 283 Å². The monoisotopic (exact) mass is 1580 g/mol. The number of rotatable bonds is 87. The Morgan fingerprint density at radius 2 is 0.472 bits per heavy atom. The molecule has 0 amide bonds. The molecule has 6 atom stereocenters. The van der Waals surface area contributed by atoms with Crippen LogP contribution >= 0.6 is 15.6 Å². The summed E-state index contributed by atoms with van der Waals surface area (Å²) in [6, 6.07) is 0. The van der Waals surface area contributed by atoms with Crippen LogP contribution in [-0.4, -0.2) is 96.7 Å². The predicted molar refractivity (Wildman–Crippen MR) is 446 cm³/mol. The molecule has 0 bridgehead atoms. The molecular weight excluding hydrogens is 1400 g/mol. The minimum atomic E-state index is -4.97. The van der Waals surface area contributed by atoms with Crippen molar-refractivity contribution in [2.75, 3.05) is 39.6 Å². The summed E-state index contributed by atoms with van der Waals surface area (Å²) in [7, 11) is -9.93. The fraction of sp³-hybridized carbons (Fsp3) is 0.955. The van der Waals surface area contributed by atoms with Crippen LogP contribution < -0.4 is 0 Å². The maximum atomic E-state index is 13.2. The van der Waals surface area contributed by atoms with Gasteiger partial charge < -0.3 is 33.8 Å². The molecule has 17 nitrogen and oxygen atoms in total. The molecule has 3 unspecified atom stereocenters. The summed E-state index contributed by atoms with van der Waals surface area (Å²) in [4.78, 5) is 73.3. The molecule has 0 aromatic heterocycles. The second-order valence-electron chi connectivity index (χ2n) is 33.2. The van der Waals surface area contributed by atoms with Gasteiger partial charge in [0.1, 0.15) is 19.3 Å². The van der Waals surface area contributed by atoms with E-state index in [0.29, 0.717) is 25.7 Å². The zero-order chi connectivity index (χ0) is 79.3. The van der Waals surface area contributed by atoms with Crippen LogP contribution in [0.3, 0.4) is 0 Å². The van der Waals surface area contributed by atoms with Gasteiger partial charge in [0.2, 0.25) is 0 Å². The van der Waals surface area contributed by atoms with Gasteiger partial charge in [-0.2, -0.15) is 0 Å². The second kappa shape index (κ2) is 78.9. The summed E-state index contributed by atoms with van der Waals surface area (Å²) in [6.45, 7) is 12.0. The number of phosphoric acid groups is 2. The molecule has 0 aliphatic heterocycles. The first-order chi connectivity index (χ1) is 52.3. The average molecular weight is 1580 g/mol. The van der Waals surface area contributed by atoms with E-state index >= 15 is 0 Å². The average Bonchev–Trinajstić information content (AvgIpc) is 0.853. The van der Waals surface area contributed by atoms with Crippen LogP contribution in [0, 0.1) is 17.8 Å². The van der Waals surface area contributed by atoms with Gasteiger partial charge in [-0.3, -0.25) is 37.3 Å². The third kappa shape index (κ3) is 80.7. The van der Waals surface area contributed by atoms with Crippen LogP contribution in [0.25, 0.3) is 0 Å². The van der Waals surface area contributed by atoms with E-state index in [2.05, 4.69) is 48.5 Å². The summed E-state index contributed by atoms with van der Waals surface area (Å²) in [5.41, 5.74) is 0. The van der Waals surface area contributed by atoms with Gasteiger partial charge in [0.15, 0.2) is 12.2 Å². The van der Waals surface area contributed by atoms with Crippen molar-refractivity contribution in [3.63, 3.8) is 0 Å². The van der Waals surface area contributed by atoms with Crippen LogP contribution in [0.4, 0.5) is 0 Å². The molecule has 0 saturated heterocycles. The van der Waals surface area contributed by atoms with Crippen LogP contribution in [0.15, 0.2) is 0 Å². The summed E-state index contributed by atoms with van der Waals surface area (Å²) in [5, 5.41) is 10.7. The number of ether oxygens (including phenoxy) is 4. The van der Waals surface area contributed by atoms with E-state index in [-0.39, 0.29) is 25.7 Å². The van der Waals surface area contributed by atoms with Crippen LogP contribution in [-0.2, 0) is 65.4 Å². The molecule has 0 aliphatic carbocycles. The van der Waals surface area contributed by atoms with Gasteiger partial charge in [-0.05, 0) is 43.4 Å². The topological polar surface area (TPSA) is 237 Å². The van der Waals surface area contributed by atoms with Crippen molar-refractivity contribution in [1.29, 1.82) is 0 Å². The van der Waals surface area contributed by atoms with Crippen LogP contribution in [0.5, 0.6) is 0 Å². The van der Waals surface area contributed by atoms with Crippen LogP contribution in [0.1, 0.15) is 472 Å². The molecule has 0 aliphatic rings. The van der Waals surface area contributed by atoms with E-state index in [0.717, 1.165) is 108 Å². The van der Waals surface area contributed by atoms with E-state index in [1.54, 1.807) is 0 Å². The minimum absolute atomic E-state index is 0.106. The van der Waals surface area contributed by atoms with Gasteiger partial charge in [-0.1, -0.05) is 421 Å². The zero-order valence-electron chi connectivity index (χ0n) is 71.3. The Morgan fingerprint density at radius 3 is 0.704 bits per heavy atom. The Kier molecular flexibility index (Phi) is 77.5. The Labute approximate surface area is 664 Å². The number of phosphoric ester groups is 2. The van der Waals surface area contributed by atoms with E-state index in [9.17, 15) is 43.2 Å². The Balaban J connectivity index is 5.23. The highest BCUT2D eigenvalue weighted by Gasteiger charge is 2.31. The molecule has 0 aromatic carbocycles. The lowest BCUT2D eigenvalue weighted by atomic mass is 9.99. The van der Waals surface area contributed by atoms with Crippen molar-refractivity contribution in [3.8, 4) is 0 Å². The second-order valence-corrected chi connectivity index (χ2v) is 36.1. The summed E-state index contributed by atoms with van der Waals surface area (Å²) >= 11 is 0. The normalized spacial score (nSPS) is 14.1. The summed E-state index contributed by atoms with van der Waals surface area (Å²) in [6.07, 6.45) is 70.9. The quantitative estimate of drug-likeness (QED) is 0.0222. The smallest absolute Gasteiger partial charge is 0.462 e. The number of aliphatic hydroxyl groups excluding tert-OH is 1. The number of esters is 4. The molecule has 642 valence electrons. The van der Waals surface area contributed by atoms with E-state index in [4.69, 9.17) is 37.0 Å². The molecule has 3 N–H and O–H groups in total. The van der Waals surface area contributed by atoms with E-state index in [1.807, 2.05) is 0 Å². The largest absolute Gasteiger partial charge is 0.472 e. The molecule has 0 radical (unpaired) electrons. The van der Waals surface area contributed by atoms with Gasteiger partial charge >= 0.3 is 39.5 Å². The number of hydrogen-bond acceptors (Lipinski definition) is 15. The van der Waals surface area contributed by atoms with Gasteiger partial charge in [-0.15, -0.1) is 0 Å². The van der Waals surface area contributed by atoms with Gasteiger partial charge in [0, 0.05) is 25.7 Å². The van der Waals surface area contributed by atoms with Crippen molar-refractivity contribution < 1.29 is 80.2 Å². The molecule has 108 heavy (non-hydrogen) atoms. The zero-order valence-corrected chi connectivity index (χ0v) is 73.1. The third-order valence-corrected chi connectivity index (χ3v) is 23.1. The third-order valence-electron chi connectivity index (χ3n) is 21.2. The van der Waals surface area contributed by atoms with Gasteiger partial charge in [-0.25, -0.2) is 9.13 Å². The van der Waals surface area contributed by atoms with Gasteiger partial charge in [0.25, 0.3) is 0 Å². The lowest BCUT2D eigenvalue weighted by Gasteiger charge is -2.21. The Hall–Kier alpha value is -1.94. The number of carbonyl (C=O) groups is 4. The minimum Gasteiger partial charge on any atom is -0.462 e. The summed E-state index contributed by atoms with van der Waals surface area (Å²) < 4.78 is 69.0. The number of unbranched alkanes of at least 4 members (excludes halogenated alkanes) is 54. The van der Waals surface area contributed by atoms with Crippen molar-refractivity contribution in [2.45, 2.75) is 491 Å². The van der Waals surface area contributed by atoms with Crippen molar-refractivity contribution in [2.24, 2.45) is 17.8 Å². The maximum Gasteiger partial charge on any atom is 0.472 e. The van der Waals surface area contributed by atoms with Crippen molar-refractivity contribution in [3.05, 3.63) is 0 Å². The molecule has 19 heteroatoms. The number of carbonyl (C=O) groups excluding carboxylic acids is 4. The lowest BCUT2D eigenvalue weighted by molar-refractivity contribution is -0.161. The van der Waals surface area contributed by atoms with E-state index < -0.39 is 97.5 Å². The van der Waals surface area contributed by atoms with Crippen LogP contribution in [0.2, 0.25) is 0 Å². The molecule has 0 saturated carbocycles. The highest BCUT2D eigenvalue weighted by atomic mass is 31.2. The summed E-state index contributed by atoms with van der Waals surface area (Å²) in [5.74, 6) is 0.271. The molecule has 0 rings (SSSR count). The van der Waals surface area contributed by atoms with Crippen molar-refractivity contribution in [1.82, 2.24) is 0 Å².